The van der Waals surface area contributed by atoms with Gasteiger partial charge in [0.15, 0.2) is 0 Å². The van der Waals surface area contributed by atoms with Gasteiger partial charge in [0.25, 0.3) is 0 Å². The van der Waals surface area contributed by atoms with Gasteiger partial charge in [-0.25, -0.2) is 0 Å². The van der Waals surface area contributed by atoms with Crippen LogP contribution >= 0.6 is 24.0 Å². The van der Waals surface area contributed by atoms with Gasteiger partial charge in [-0.2, -0.15) is 5.10 Å². The second-order valence-corrected chi connectivity index (χ2v) is 8.25. The van der Waals surface area contributed by atoms with Crippen molar-refractivity contribution in [3.63, 3.8) is 0 Å². The number of nitrogens with zero attached hydrogens (tertiary/aromatic N) is 5. The Kier molecular flexibility index (Phi) is 7.33. The van der Waals surface area contributed by atoms with Gasteiger partial charge in [-0.15, -0.1) is 24.0 Å². The maximum Gasteiger partial charge on any atom is 0.219 e. The first kappa shape index (κ1) is 23.9. The molecule has 0 atom stereocenters. The Morgan fingerprint density at radius 3 is 2.69 bits per heavy atom. The normalized spacial score (nSPS) is 17.0. The lowest BCUT2D eigenvalue weighted by atomic mass is 9.94. The number of hydrogen-bond acceptors (Lipinski definition) is 5. The Bertz CT molecular complexity index is 1210. The number of pyridine rings is 1. The molecule has 1 aliphatic rings. The predicted molar refractivity (Wildman–Crippen MR) is 140 cm³/mol. The SMILES string of the molecule is CC(=O)N1CCC(=NC(C)C)/C(=C(\N)c2cccc3cc(-c4cnn(C)c4)ncc23)C1.I. The number of aliphatic imine (C=N–C) groups is 1. The fourth-order valence-corrected chi connectivity index (χ4v) is 4.00. The summed E-state index contributed by atoms with van der Waals surface area (Å²) in [5.74, 6) is 0.0506. The number of aryl methyl sites for hydroxylation is 1. The van der Waals surface area contributed by atoms with E-state index in [1.165, 1.54) is 0 Å². The summed E-state index contributed by atoms with van der Waals surface area (Å²) in [6.07, 6.45) is 6.33. The molecule has 32 heavy (non-hydrogen) atoms. The summed E-state index contributed by atoms with van der Waals surface area (Å²) in [5.41, 5.74) is 12.1. The highest BCUT2D eigenvalue weighted by atomic mass is 127. The van der Waals surface area contributed by atoms with Crippen LogP contribution in [0.4, 0.5) is 0 Å². The third-order valence-corrected chi connectivity index (χ3v) is 5.56. The molecule has 1 fully saturated rings. The van der Waals surface area contributed by atoms with E-state index in [1.54, 1.807) is 17.8 Å². The van der Waals surface area contributed by atoms with E-state index in [0.29, 0.717) is 25.2 Å². The van der Waals surface area contributed by atoms with Crippen molar-refractivity contribution in [1.29, 1.82) is 0 Å². The zero-order valence-corrected chi connectivity index (χ0v) is 21.2. The van der Waals surface area contributed by atoms with E-state index in [1.807, 2.05) is 36.5 Å². The number of nitrogens with two attached hydrogens (primary N) is 1. The molecule has 8 heteroatoms. The van der Waals surface area contributed by atoms with Crippen molar-refractivity contribution in [3.8, 4) is 11.3 Å². The number of rotatable bonds is 3. The number of hydrogen-bond donors (Lipinski definition) is 1. The van der Waals surface area contributed by atoms with Crippen LogP contribution in [0.3, 0.4) is 0 Å². The molecule has 0 unspecified atom stereocenters. The number of carbonyl (C=O) groups is 1. The maximum atomic E-state index is 12.0. The Morgan fingerprint density at radius 2 is 2.03 bits per heavy atom. The smallest absolute Gasteiger partial charge is 0.219 e. The number of amides is 1. The molecule has 7 nitrogen and oxygen atoms in total. The van der Waals surface area contributed by atoms with Gasteiger partial charge < -0.3 is 10.6 Å². The summed E-state index contributed by atoms with van der Waals surface area (Å²) in [5, 5.41) is 6.27. The van der Waals surface area contributed by atoms with Crippen molar-refractivity contribution in [1.82, 2.24) is 19.7 Å². The van der Waals surface area contributed by atoms with Crippen molar-refractivity contribution in [3.05, 3.63) is 54.0 Å². The Morgan fingerprint density at radius 1 is 1.25 bits per heavy atom. The molecule has 1 amide bonds. The van der Waals surface area contributed by atoms with E-state index < -0.39 is 0 Å². The van der Waals surface area contributed by atoms with Crippen LogP contribution in [-0.2, 0) is 11.8 Å². The first-order valence-electron chi connectivity index (χ1n) is 10.5. The monoisotopic (exact) mass is 544 g/mol. The van der Waals surface area contributed by atoms with Crippen LogP contribution in [0.1, 0.15) is 32.8 Å². The van der Waals surface area contributed by atoms with Crippen LogP contribution in [0.5, 0.6) is 0 Å². The number of aromatic nitrogens is 3. The third-order valence-electron chi connectivity index (χ3n) is 5.56. The lowest BCUT2D eigenvalue weighted by Gasteiger charge is -2.30. The summed E-state index contributed by atoms with van der Waals surface area (Å²) < 4.78 is 1.76. The average molecular weight is 544 g/mol. The maximum absolute atomic E-state index is 12.0. The van der Waals surface area contributed by atoms with Gasteiger partial charge in [0, 0.05) is 85.4 Å². The van der Waals surface area contributed by atoms with E-state index in [0.717, 1.165) is 38.9 Å². The third kappa shape index (κ3) is 4.85. The van der Waals surface area contributed by atoms with Gasteiger partial charge in [-0.1, -0.05) is 18.2 Å². The predicted octanol–water partition coefficient (Wildman–Crippen LogP) is 4.02. The van der Waals surface area contributed by atoms with Crippen LogP contribution in [0.25, 0.3) is 27.7 Å². The van der Waals surface area contributed by atoms with Gasteiger partial charge in [-0.05, 0) is 25.3 Å². The van der Waals surface area contributed by atoms with Crippen molar-refractivity contribution in [2.75, 3.05) is 13.1 Å². The lowest BCUT2D eigenvalue weighted by Crippen LogP contribution is -2.40. The Balaban J connectivity index is 0.00000289. The van der Waals surface area contributed by atoms with E-state index in [4.69, 9.17) is 10.7 Å². The van der Waals surface area contributed by atoms with E-state index in [2.05, 4.69) is 36.1 Å². The summed E-state index contributed by atoms with van der Waals surface area (Å²) in [6.45, 7) is 6.85. The molecule has 0 bridgehead atoms. The molecule has 3 aromatic rings. The summed E-state index contributed by atoms with van der Waals surface area (Å²) in [4.78, 5) is 23.3. The summed E-state index contributed by atoms with van der Waals surface area (Å²) >= 11 is 0. The van der Waals surface area contributed by atoms with Gasteiger partial charge >= 0.3 is 0 Å². The molecule has 0 radical (unpaired) electrons. The van der Waals surface area contributed by atoms with Crippen LogP contribution < -0.4 is 5.73 Å². The fourth-order valence-electron chi connectivity index (χ4n) is 4.00. The van der Waals surface area contributed by atoms with Gasteiger partial charge in [0.05, 0.1) is 11.9 Å². The average Bonchev–Trinajstić information content (AvgIpc) is 3.18. The molecule has 0 aliphatic carbocycles. The number of halogens is 1. The number of benzene rings is 1. The number of carbonyl (C=O) groups excluding carboxylic acids is 1. The minimum absolute atomic E-state index is 0. The summed E-state index contributed by atoms with van der Waals surface area (Å²) in [7, 11) is 1.89. The van der Waals surface area contributed by atoms with E-state index in [-0.39, 0.29) is 35.9 Å². The quantitative estimate of drug-likeness (QED) is 0.505. The van der Waals surface area contributed by atoms with Crippen LogP contribution in [0, 0.1) is 0 Å². The molecule has 2 aromatic heterocycles. The zero-order valence-electron chi connectivity index (χ0n) is 18.9. The van der Waals surface area contributed by atoms with Crippen molar-refractivity contribution in [2.24, 2.45) is 17.8 Å². The first-order chi connectivity index (χ1) is 14.8. The van der Waals surface area contributed by atoms with Crippen LogP contribution in [0.15, 0.2) is 53.4 Å². The fraction of sp³-hybridized carbons (Fsp3) is 0.333. The highest BCUT2D eigenvalue weighted by Crippen LogP contribution is 2.29. The molecule has 1 aliphatic heterocycles. The zero-order chi connectivity index (χ0) is 22.1. The molecule has 1 saturated heterocycles. The van der Waals surface area contributed by atoms with Gasteiger partial charge in [0.2, 0.25) is 5.91 Å². The van der Waals surface area contributed by atoms with Gasteiger partial charge in [0.1, 0.15) is 0 Å². The van der Waals surface area contributed by atoms with Crippen LogP contribution in [0.2, 0.25) is 0 Å². The van der Waals surface area contributed by atoms with Crippen molar-refractivity contribution in [2.45, 2.75) is 33.2 Å². The minimum Gasteiger partial charge on any atom is -0.398 e. The second-order valence-electron chi connectivity index (χ2n) is 8.25. The van der Waals surface area contributed by atoms with Crippen LogP contribution in [-0.4, -0.2) is 50.4 Å². The molecule has 1 aromatic carbocycles. The van der Waals surface area contributed by atoms with Crippen molar-refractivity contribution < 1.29 is 4.79 Å². The van der Waals surface area contributed by atoms with Gasteiger partial charge in [-0.3, -0.25) is 19.5 Å². The first-order valence-corrected chi connectivity index (χ1v) is 10.5. The highest BCUT2D eigenvalue weighted by Gasteiger charge is 2.25. The Hall–Kier alpha value is -2.75. The number of fused-ring (bicyclic) bond motifs is 1. The number of piperidine rings is 1. The molecular weight excluding hydrogens is 515 g/mol. The Labute approximate surface area is 205 Å². The minimum atomic E-state index is 0. The number of likely N-dealkylation sites (tertiary alicyclic amines) is 1. The molecule has 3 heterocycles. The lowest BCUT2D eigenvalue weighted by molar-refractivity contribution is -0.128. The highest BCUT2D eigenvalue weighted by molar-refractivity contribution is 14.0. The topological polar surface area (TPSA) is 89.4 Å². The largest absolute Gasteiger partial charge is 0.398 e. The molecular formula is C24H29IN6O. The standard InChI is InChI=1S/C24H28N6O.HI/c1-15(2)28-22-8-9-30(16(3)31)14-21(22)24(25)19-7-5-6-17-10-23(26-12-20(17)19)18-11-27-29(4)13-18;/h5-7,10-13,15H,8-9,14,25H2,1-4H3;1H/b24-21-,28-22?;. The molecule has 0 spiro atoms. The van der Waals surface area contributed by atoms with E-state index >= 15 is 0 Å². The molecule has 2 N–H and O–H groups in total. The second kappa shape index (κ2) is 9.81. The van der Waals surface area contributed by atoms with Crippen molar-refractivity contribution >= 4 is 52.1 Å². The molecule has 0 saturated carbocycles. The van der Waals surface area contributed by atoms with E-state index in [9.17, 15) is 4.79 Å². The molecule has 168 valence electrons. The molecule has 4 rings (SSSR count). The summed E-state index contributed by atoms with van der Waals surface area (Å²) in [6, 6.07) is 8.29.